The molecule has 1 amide bonds. The van der Waals surface area contributed by atoms with Crippen molar-refractivity contribution in [2.24, 2.45) is 0 Å². The third-order valence-corrected chi connectivity index (χ3v) is 3.44. The number of aromatic amines is 1. The molecular weight excluding hydrogens is 274 g/mol. The summed E-state index contributed by atoms with van der Waals surface area (Å²) in [5.41, 5.74) is 1.70. The number of hydrogen-bond donors (Lipinski definition) is 1. The van der Waals surface area contributed by atoms with Gasteiger partial charge in [0.25, 0.3) is 5.91 Å². The van der Waals surface area contributed by atoms with Gasteiger partial charge in [0, 0.05) is 13.1 Å². The van der Waals surface area contributed by atoms with Gasteiger partial charge in [-0.1, -0.05) is 55.8 Å². The van der Waals surface area contributed by atoms with Crippen molar-refractivity contribution in [1.29, 1.82) is 0 Å². The summed E-state index contributed by atoms with van der Waals surface area (Å²) in [4.78, 5) is 21.5. The van der Waals surface area contributed by atoms with Gasteiger partial charge in [0.05, 0.1) is 6.20 Å². The molecule has 0 aliphatic rings. The second kappa shape index (κ2) is 8.17. The normalized spacial score (nSPS) is 11.0. The summed E-state index contributed by atoms with van der Waals surface area (Å²) in [5, 5.41) is 0. The number of hydrogen-bond acceptors (Lipinski definition) is 2. The minimum absolute atomic E-state index is 0.00626. The van der Waals surface area contributed by atoms with Crippen LogP contribution in [0.5, 0.6) is 0 Å². The lowest BCUT2D eigenvalue weighted by Crippen LogP contribution is -2.32. The highest BCUT2D eigenvalue weighted by Gasteiger charge is 2.15. The monoisotopic (exact) mass is 297 g/mol. The average Bonchev–Trinajstić information content (AvgIpc) is 2.97. The number of unbranched alkanes of at least 4 members (excludes halogenated alkanes) is 1. The van der Waals surface area contributed by atoms with Crippen molar-refractivity contribution in [1.82, 2.24) is 14.9 Å². The number of carbonyl (C=O) groups is 1. The molecule has 4 nitrogen and oxygen atoms in total. The van der Waals surface area contributed by atoms with E-state index in [2.05, 4.69) is 16.9 Å². The summed E-state index contributed by atoms with van der Waals surface area (Å²) in [7, 11) is 0. The molecule has 22 heavy (non-hydrogen) atoms. The van der Waals surface area contributed by atoms with Gasteiger partial charge in [0.1, 0.15) is 11.5 Å². The van der Waals surface area contributed by atoms with Crippen molar-refractivity contribution in [3.8, 4) is 0 Å². The Balaban J connectivity index is 2.02. The van der Waals surface area contributed by atoms with E-state index in [0.717, 1.165) is 30.8 Å². The molecule has 0 unspecified atom stereocenters. The summed E-state index contributed by atoms with van der Waals surface area (Å²) in [6.07, 6.45) is 7.75. The number of benzene rings is 1. The molecule has 1 N–H and O–H groups in total. The molecule has 116 valence electrons. The fourth-order valence-electron chi connectivity index (χ4n) is 2.20. The van der Waals surface area contributed by atoms with E-state index in [1.54, 1.807) is 6.20 Å². The lowest BCUT2D eigenvalue weighted by Gasteiger charge is -2.20. The van der Waals surface area contributed by atoms with E-state index in [1.807, 2.05) is 54.3 Å². The highest BCUT2D eigenvalue weighted by Crippen LogP contribution is 2.07. The lowest BCUT2D eigenvalue weighted by atomic mass is 10.2. The number of amides is 1. The highest BCUT2D eigenvalue weighted by molar-refractivity contribution is 5.92. The van der Waals surface area contributed by atoms with Crippen molar-refractivity contribution < 1.29 is 4.79 Å². The molecule has 2 aromatic rings. The topological polar surface area (TPSA) is 49.0 Å². The SMILES string of the molecule is CCCCN(C/C=C/c1ccccc1)C(=O)c1cnc(C)[nH]1. The van der Waals surface area contributed by atoms with Gasteiger partial charge in [0.2, 0.25) is 0 Å². The third-order valence-electron chi connectivity index (χ3n) is 3.44. The molecule has 0 spiro atoms. The molecule has 0 saturated heterocycles. The molecule has 0 aliphatic heterocycles. The Morgan fingerprint density at radius 1 is 1.32 bits per heavy atom. The average molecular weight is 297 g/mol. The predicted molar refractivity (Wildman–Crippen MR) is 89.6 cm³/mol. The molecular formula is C18H23N3O. The molecule has 4 heteroatoms. The fourth-order valence-corrected chi connectivity index (χ4v) is 2.20. The predicted octanol–water partition coefficient (Wildman–Crippen LogP) is 3.67. The standard InChI is InChI=1S/C18H23N3O/c1-3-4-12-21(18(22)17-14-19-15(2)20-17)13-8-11-16-9-6-5-7-10-16/h5-11,14H,3-4,12-13H2,1-2H3,(H,19,20)/b11-8+. The van der Waals surface area contributed by atoms with Crippen LogP contribution in [0.4, 0.5) is 0 Å². The molecule has 0 aliphatic carbocycles. The number of nitrogens with zero attached hydrogens (tertiary/aromatic N) is 2. The summed E-state index contributed by atoms with van der Waals surface area (Å²) in [5.74, 6) is 0.769. The van der Waals surface area contributed by atoms with Crippen molar-refractivity contribution >= 4 is 12.0 Å². The Hall–Kier alpha value is -2.36. The van der Waals surface area contributed by atoms with Gasteiger partial charge in [-0.2, -0.15) is 0 Å². The quantitative estimate of drug-likeness (QED) is 0.847. The van der Waals surface area contributed by atoms with Crippen molar-refractivity contribution in [2.45, 2.75) is 26.7 Å². The van der Waals surface area contributed by atoms with Gasteiger partial charge in [-0.05, 0) is 18.9 Å². The van der Waals surface area contributed by atoms with Crippen molar-refractivity contribution in [2.75, 3.05) is 13.1 Å². The Labute approximate surface area is 131 Å². The number of H-pyrrole nitrogens is 1. The summed E-state index contributed by atoms with van der Waals surface area (Å²) >= 11 is 0. The molecule has 1 aromatic heterocycles. The fraction of sp³-hybridized carbons (Fsp3) is 0.333. The smallest absolute Gasteiger partial charge is 0.272 e. The number of nitrogens with one attached hydrogen (secondary N) is 1. The molecule has 0 atom stereocenters. The van der Waals surface area contributed by atoms with E-state index in [-0.39, 0.29) is 5.91 Å². The first-order valence-corrected chi connectivity index (χ1v) is 7.73. The first-order chi connectivity index (χ1) is 10.7. The van der Waals surface area contributed by atoms with E-state index in [1.165, 1.54) is 0 Å². The Bertz CT molecular complexity index is 616. The maximum atomic E-state index is 12.5. The number of imidazole rings is 1. The van der Waals surface area contributed by atoms with Crippen LogP contribution in [0.2, 0.25) is 0 Å². The van der Waals surface area contributed by atoms with Crippen LogP contribution in [0, 0.1) is 6.92 Å². The zero-order chi connectivity index (χ0) is 15.8. The van der Waals surface area contributed by atoms with E-state index < -0.39 is 0 Å². The lowest BCUT2D eigenvalue weighted by molar-refractivity contribution is 0.0766. The number of aromatic nitrogens is 2. The van der Waals surface area contributed by atoms with Crippen LogP contribution in [0.15, 0.2) is 42.6 Å². The van der Waals surface area contributed by atoms with E-state index >= 15 is 0 Å². The van der Waals surface area contributed by atoms with E-state index in [9.17, 15) is 4.79 Å². The first-order valence-electron chi connectivity index (χ1n) is 7.73. The van der Waals surface area contributed by atoms with E-state index in [0.29, 0.717) is 12.2 Å². The second-order valence-corrected chi connectivity index (χ2v) is 5.30. The zero-order valence-corrected chi connectivity index (χ0v) is 13.2. The van der Waals surface area contributed by atoms with Crippen LogP contribution in [-0.2, 0) is 0 Å². The summed E-state index contributed by atoms with van der Waals surface area (Å²) in [6.45, 7) is 5.34. The van der Waals surface area contributed by atoms with Crippen LogP contribution in [0.3, 0.4) is 0 Å². The summed E-state index contributed by atoms with van der Waals surface area (Å²) < 4.78 is 0. The van der Waals surface area contributed by atoms with Crippen LogP contribution in [0.1, 0.15) is 41.6 Å². The maximum absolute atomic E-state index is 12.5. The first kappa shape index (κ1) is 16.0. The second-order valence-electron chi connectivity index (χ2n) is 5.30. The molecule has 0 saturated carbocycles. The van der Waals surface area contributed by atoms with Crippen molar-refractivity contribution in [3.63, 3.8) is 0 Å². The Kier molecular flexibility index (Phi) is 5.95. The minimum Gasteiger partial charge on any atom is -0.338 e. The van der Waals surface area contributed by atoms with Crippen molar-refractivity contribution in [3.05, 3.63) is 59.7 Å². The van der Waals surface area contributed by atoms with Crippen LogP contribution in [-0.4, -0.2) is 33.9 Å². The Morgan fingerprint density at radius 3 is 2.73 bits per heavy atom. The van der Waals surface area contributed by atoms with Crippen LogP contribution < -0.4 is 0 Å². The van der Waals surface area contributed by atoms with Gasteiger partial charge >= 0.3 is 0 Å². The maximum Gasteiger partial charge on any atom is 0.272 e. The van der Waals surface area contributed by atoms with Gasteiger partial charge in [-0.3, -0.25) is 4.79 Å². The van der Waals surface area contributed by atoms with Crippen LogP contribution in [0.25, 0.3) is 6.08 Å². The molecule has 0 fully saturated rings. The highest BCUT2D eigenvalue weighted by atomic mass is 16.2. The van der Waals surface area contributed by atoms with Gasteiger partial charge in [-0.25, -0.2) is 4.98 Å². The molecule has 1 heterocycles. The number of rotatable bonds is 7. The third kappa shape index (κ3) is 4.58. The number of aryl methyl sites for hydroxylation is 1. The molecule has 2 rings (SSSR count). The van der Waals surface area contributed by atoms with E-state index in [4.69, 9.17) is 0 Å². The molecule has 0 radical (unpaired) electrons. The summed E-state index contributed by atoms with van der Waals surface area (Å²) in [6, 6.07) is 10.1. The Morgan fingerprint density at radius 2 is 2.09 bits per heavy atom. The minimum atomic E-state index is 0.00626. The van der Waals surface area contributed by atoms with Crippen LogP contribution >= 0.6 is 0 Å². The number of carbonyl (C=O) groups excluding carboxylic acids is 1. The van der Waals surface area contributed by atoms with Gasteiger partial charge in [-0.15, -0.1) is 0 Å². The molecule has 1 aromatic carbocycles. The van der Waals surface area contributed by atoms with Gasteiger partial charge in [0.15, 0.2) is 0 Å². The largest absolute Gasteiger partial charge is 0.338 e. The molecule has 0 bridgehead atoms. The van der Waals surface area contributed by atoms with Gasteiger partial charge < -0.3 is 9.88 Å². The zero-order valence-electron chi connectivity index (χ0n) is 13.2.